The van der Waals surface area contributed by atoms with Gasteiger partial charge in [0.15, 0.2) is 0 Å². The van der Waals surface area contributed by atoms with Crippen molar-refractivity contribution in [3.63, 3.8) is 0 Å². The highest BCUT2D eigenvalue weighted by Gasteiger charge is 2.32. The van der Waals surface area contributed by atoms with Gasteiger partial charge >= 0.3 is 16.7 Å². The molecule has 1 heterocycles. The third-order valence-electron chi connectivity index (χ3n) is 4.23. The Balaban J connectivity index is 1.68. The molecule has 9 nitrogen and oxygen atoms in total. The number of ether oxygens (including phenoxy) is 2. The number of carbonyl (C=O) groups is 2. The van der Waals surface area contributed by atoms with E-state index in [1.54, 1.807) is 24.3 Å². The van der Waals surface area contributed by atoms with E-state index >= 15 is 0 Å². The maximum absolute atomic E-state index is 12.5. The number of halogens is 3. The van der Waals surface area contributed by atoms with Crippen LogP contribution in [0.3, 0.4) is 0 Å². The molecular formula is C19H17F3N2O7S2. The van der Waals surface area contributed by atoms with Gasteiger partial charge in [0.25, 0.3) is 5.24 Å². The molecule has 178 valence electrons. The molecule has 0 bridgehead atoms. The van der Waals surface area contributed by atoms with E-state index in [-0.39, 0.29) is 11.5 Å². The number of hydrogen-bond acceptors (Lipinski definition) is 8. The van der Waals surface area contributed by atoms with Crippen molar-refractivity contribution in [1.82, 2.24) is 5.32 Å². The third-order valence-corrected chi connectivity index (χ3v) is 5.71. The summed E-state index contributed by atoms with van der Waals surface area (Å²) in [6.07, 6.45) is -5.98. The lowest BCUT2D eigenvalue weighted by atomic mass is 10.1. The van der Waals surface area contributed by atoms with Crippen LogP contribution in [0.1, 0.15) is 17.2 Å². The number of imide groups is 1. The Labute approximate surface area is 190 Å². The summed E-state index contributed by atoms with van der Waals surface area (Å²) in [4.78, 5) is 22.9. The van der Waals surface area contributed by atoms with Gasteiger partial charge in [0.1, 0.15) is 24.2 Å². The number of hydrogen-bond donors (Lipinski definition) is 2. The second-order valence-electron chi connectivity index (χ2n) is 6.74. The van der Waals surface area contributed by atoms with Crippen molar-refractivity contribution in [3.8, 4) is 11.5 Å². The molecule has 2 amide bonds. The Morgan fingerprint density at radius 1 is 1.09 bits per heavy atom. The van der Waals surface area contributed by atoms with E-state index in [0.717, 1.165) is 29.5 Å². The largest absolute Gasteiger partial charge is 0.573 e. The first-order valence-corrected chi connectivity index (χ1v) is 11.5. The molecular weight excluding hydrogens is 489 g/mol. The van der Waals surface area contributed by atoms with Crippen molar-refractivity contribution in [1.29, 1.82) is 0 Å². The zero-order valence-electron chi connectivity index (χ0n) is 16.6. The standard InChI is InChI=1S/C19H17F3N2O7S2/c20-19(21,22)30-14-3-1-2-12(9-14)15(31-33(23,27)28)10-29-13-6-4-11(5-7-13)8-16-17(25)24-18(26)32-16/h1-7,9,15-16H,8,10H2,(H2,23,27,28)(H,24,25,26). The Kier molecular flexibility index (Phi) is 7.51. The average molecular weight is 506 g/mol. The van der Waals surface area contributed by atoms with E-state index in [4.69, 9.17) is 14.1 Å². The van der Waals surface area contributed by atoms with Gasteiger partial charge in [-0.15, -0.1) is 13.2 Å². The first kappa shape index (κ1) is 24.8. The first-order chi connectivity index (χ1) is 15.4. The van der Waals surface area contributed by atoms with E-state index in [1.807, 2.05) is 0 Å². The van der Waals surface area contributed by atoms with E-state index in [1.165, 1.54) is 12.1 Å². The van der Waals surface area contributed by atoms with Crippen LogP contribution in [0, 0.1) is 0 Å². The van der Waals surface area contributed by atoms with Gasteiger partial charge in [0.05, 0.1) is 5.25 Å². The van der Waals surface area contributed by atoms with Crippen LogP contribution in [-0.4, -0.2) is 37.8 Å². The summed E-state index contributed by atoms with van der Waals surface area (Å²) in [5.74, 6) is -0.645. The van der Waals surface area contributed by atoms with Crippen molar-refractivity contribution >= 4 is 33.2 Å². The highest BCUT2D eigenvalue weighted by atomic mass is 32.2. The molecule has 33 heavy (non-hydrogen) atoms. The minimum absolute atomic E-state index is 0.0244. The molecule has 2 aromatic carbocycles. The molecule has 0 saturated carbocycles. The number of thioether (sulfide) groups is 1. The summed E-state index contributed by atoms with van der Waals surface area (Å²) in [7, 11) is -4.46. The van der Waals surface area contributed by atoms with Crippen molar-refractivity contribution < 1.29 is 44.8 Å². The molecule has 2 atom stereocenters. The molecule has 3 N–H and O–H groups in total. The zero-order chi connectivity index (χ0) is 24.2. The van der Waals surface area contributed by atoms with Gasteiger partial charge in [-0.3, -0.25) is 14.9 Å². The number of rotatable bonds is 9. The van der Waals surface area contributed by atoms with E-state index < -0.39 is 45.6 Å². The lowest BCUT2D eigenvalue weighted by Gasteiger charge is -2.18. The van der Waals surface area contributed by atoms with Crippen LogP contribution in [0.15, 0.2) is 48.5 Å². The quantitative estimate of drug-likeness (QED) is 0.530. The summed E-state index contributed by atoms with van der Waals surface area (Å²) in [6.45, 7) is -0.402. The summed E-state index contributed by atoms with van der Waals surface area (Å²) < 4.78 is 74.4. The lowest BCUT2D eigenvalue weighted by Crippen LogP contribution is -2.25. The highest BCUT2D eigenvalue weighted by Crippen LogP contribution is 2.29. The van der Waals surface area contributed by atoms with Crippen LogP contribution in [0.2, 0.25) is 0 Å². The predicted molar refractivity (Wildman–Crippen MR) is 111 cm³/mol. The van der Waals surface area contributed by atoms with Crippen molar-refractivity contribution in [3.05, 3.63) is 59.7 Å². The molecule has 0 aliphatic carbocycles. The fourth-order valence-corrected chi connectivity index (χ4v) is 4.24. The first-order valence-electron chi connectivity index (χ1n) is 9.18. The van der Waals surface area contributed by atoms with Gasteiger partial charge < -0.3 is 9.47 Å². The summed E-state index contributed by atoms with van der Waals surface area (Å²) in [5, 5.41) is 6.18. The Morgan fingerprint density at radius 3 is 2.36 bits per heavy atom. The van der Waals surface area contributed by atoms with E-state index in [2.05, 4.69) is 10.1 Å². The van der Waals surface area contributed by atoms with Gasteiger partial charge in [-0.1, -0.05) is 36.0 Å². The van der Waals surface area contributed by atoms with Crippen LogP contribution in [0.4, 0.5) is 18.0 Å². The molecule has 0 radical (unpaired) electrons. The van der Waals surface area contributed by atoms with Crippen LogP contribution in [-0.2, 0) is 25.7 Å². The van der Waals surface area contributed by atoms with Gasteiger partial charge in [0, 0.05) is 0 Å². The topological polar surface area (TPSA) is 134 Å². The molecule has 1 fully saturated rings. The monoisotopic (exact) mass is 506 g/mol. The highest BCUT2D eigenvalue weighted by molar-refractivity contribution is 8.15. The molecule has 2 unspecified atom stereocenters. The molecule has 0 aromatic heterocycles. The number of nitrogens with two attached hydrogens (primary N) is 1. The van der Waals surface area contributed by atoms with E-state index in [0.29, 0.717) is 12.2 Å². The van der Waals surface area contributed by atoms with Crippen molar-refractivity contribution in [2.24, 2.45) is 5.14 Å². The molecule has 0 spiro atoms. The Morgan fingerprint density at radius 2 is 1.79 bits per heavy atom. The molecule has 3 rings (SSSR count). The zero-order valence-corrected chi connectivity index (χ0v) is 18.2. The number of benzene rings is 2. The minimum atomic E-state index is -4.93. The smallest absolute Gasteiger partial charge is 0.490 e. The SMILES string of the molecule is NS(=O)(=O)OC(COc1ccc(CC2SC(=O)NC2=O)cc1)c1cccc(OC(F)(F)F)c1. The van der Waals surface area contributed by atoms with Crippen LogP contribution >= 0.6 is 11.8 Å². The average Bonchev–Trinajstić information content (AvgIpc) is 3.01. The van der Waals surface area contributed by atoms with Gasteiger partial charge in [-0.05, 0) is 41.8 Å². The number of amides is 2. The second-order valence-corrected chi connectivity index (χ2v) is 9.09. The fourth-order valence-electron chi connectivity index (χ4n) is 2.89. The fraction of sp³-hybridized carbons (Fsp3) is 0.263. The second kappa shape index (κ2) is 9.99. The van der Waals surface area contributed by atoms with Gasteiger partial charge in [0.2, 0.25) is 5.91 Å². The summed E-state index contributed by atoms with van der Waals surface area (Å²) >= 11 is 0.897. The number of alkyl halides is 3. The van der Waals surface area contributed by atoms with Crippen molar-refractivity contribution in [2.75, 3.05) is 6.61 Å². The minimum Gasteiger partial charge on any atom is -0.490 e. The lowest BCUT2D eigenvalue weighted by molar-refractivity contribution is -0.274. The van der Waals surface area contributed by atoms with Gasteiger partial charge in [-0.25, -0.2) is 9.32 Å². The summed E-state index contributed by atoms with van der Waals surface area (Å²) in [5.41, 5.74) is 0.773. The Bertz CT molecular complexity index is 1120. The molecule has 1 saturated heterocycles. The maximum Gasteiger partial charge on any atom is 0.573 e. The predicted octanol–water partition coefficient (Wildman–Crippen LogP) is 2.82. The van der Waals surface area contributed by atoms with Crippen LogP contribution < -0.4 is 19.9 Å². The molecule has 2 aromatic rings. The Hall–Kier alpha value is -2.81. The van der Waals surface area contributed by atoms with Gasteiger partial charge in [-0.2, -0.15) is 8.42 Å². The normalized spacial score (nSPS) is 17.5. The van der Waals surface area contributed by atoms with Crippen molar-refractivity contribution in [2.45, 2.75) is 24.1 Å². The van der Waals surface area contributed by atoms with Crippen LogP contribution in [0.25, 0.3) is 0 Å². The summed E-state index contributed by atoms with van der Waals surface area (Å²) in [6, 6.07) is 11.0. The van der Waals surface area contributed by atoms with E-state index in [9.17, 15) is 31.2 Å². The molecule has 14 heteroatoms. The third kappa shape index (κ3) is 7.92. The maximum atomic E-state index is 12.5. The number of nitrogens with one attached hydrogen (secondary N) is 1. The van der Waals surface area contributed by atoms with Crippen LogP contribution in [0.5, 0.6) is 11.5 Å². The number of carbonyl (C=O) groups excluding carboxylic acids is 2. The molecule has 1 aliphatic rings. The molecule has 1 aliphatic heterocycles.